The molecule has 1 aliphatic carbocycles. The largest absolute Gasteiger partial charge is 0.388 e. The van der Waals surface area contributed by atoms with Crippen LogP contribution in [0.2, 0.25) is 0 Å². The van der Waals surface area contributed by atoms with Crippen molar-refractivity contribution in [2.45, 2.75) is 57.6 Å². The van der Waals surface area contributed by atoms with Crippen LogP contribution in [0, 0.1) is 0 Å². The third kappa shape index (κ3) is 5.29. The third-order valence-electron chi connectivity index (χ3n) is 4.58. The standard InChI is InChI=1S/C17H32N4O/c1-4-18-16(19-13-17(22)8-5-9-17)20-15-6-10-21(11-7-15)12-14(2)3/h15,22H,2,4-13H2,1,3H3,(H2,18,19,20). The van der Waals surface area contributed by atoms with Crippen molar-refractivity contribution >= 4 is 5.96 Å². The average Bonchev–Trinajstić information content (AvgIpc) is 2.44. The Labute approximate surface area is 134 Å². The van der Waals surface area contributed by atoms with E-state index in [9.17, 15) is 5.11 Å². The summed E-state index contributed by atoms with van der Waals surface area (Å²) in [5.74, 6) is 0.848. The molecule has 1 aliphatic heterocycles. The number of nitrogens with zero attached hydrogens (tertiary/aromatic N) is 2. The van der Waals surface area contributed by atoms with E-state index in [0.29, 0.717) is 12.6 Å². The van der Waals surface area contributed by atoms with Crippen LogP contribution >= 0.6 is 0 Å². The molecule has 0 atom stereocenters. The van der Waals surface area contributed by atoms with Gasteiger partial charge in [0.15, 0.2) is 5.96 Å². The van der Waals surface area contributed by atoms with Crippen LogP contribution in [0.15, 0.2) is 17.1 Å². The average molecular weight is 308 g/mol. The maximum Gasteiger partial charge on any atom is 0.191 e. The summed E-state index contributed by atoms with van der Waals surface area (Å²) in [6.45, 7) is 12.7. The molecule has 0 amide bonds. The number of piperidine rings is 1. The molecule has 2 aliphatic rings. The molecule has 5 nitrogen and oxygen atoms in total. The molecule has 0 bridgehead atoms. The summed E-state index contributed by atoms with van der Waals surface area (Å²) in [5, 5.41) is 17.0. The normalized spacial score (nSPS) is 23.0. The molecule has 126 valence electrons. The lowest BCUT2D eigenvalue weighted by molar-refractivity contribution is -0.0236. The molecule has 2 rings (SSSR count). The molecule has 22 heavy (non-hydrogen) atoms. The van der Waals surface area contributed by atoms with E-state index >= 15 is 0 Å². The van der Waals surface area contributed by atoms with Gasteiger partial charge in [0, 0.05) is 32.2 Å². The summed E-state index contributed by atoms with van der Waals surface area (Å²) < 4.78 is 0. The van der Waals surface area contributed by atoms with E-state index in [1.165, 1.54) is 5.57 Å². The molecule has 0 aromatic heterocycles. The highest BCUT2D eigenvalue weighted by molar-refractivity contribution is 5.80. The van der Waals surface area contributed by atoms with Crippen molar-refractivity contribution in [3.05, 3.63) is 12.2 Å². The Morgan fingerprint density at radius 2 is 2.05 bits per heavy atom. The Morgan fingerprint density at radius 1 is 1.36 bits per heavy atom. The lowest BCUT2D eigenvalue weighted by Gasteiger charge is -2.36. The number of aliphatic imine (C=N–C) groups is 1. The molecule has 0 aromatic rings. The molecule has 1 heterocycles. The molecule has 5 heteroatoms. The van der Waals surface area contributed by atoms with Crippen LogP contribution in [-0.4, -0.2) is 60.3 Å². The first-order valence-corrected chi connectivity index (χ1v) is 8.65. The highest BCUT2D eigenvalue weighted by Gasteiger charge is 2.34. The zero-order valence-corrected chi connectivity index (χ0v) is 14.2. The van der Waals surface area contributed by atoms with Gasteiger partial charge in [0.2, 0.25) is 0 Å². The van der Waals surface area contributed by atoms with Gasteiger partial charge in [0.1, 0.15) is 0 Å². The molecule has 0 spiro atoms. The number of rotatable bonds is 6. The fourth-order valence-electron chi connectivity index (χ4n) is 3.10. The van der Waals surface area contributed by atoms with Crippen LogP contribution in [-0.2, 0) is 0 Å². The second-order valence-electron chi connectivity index (χ2n) is 6.92. The summed E-state index contributed by atoms with van der Waals surface area (Å²) in [4.78, 5) is 7.05. The number of guanidine groups is 1. The zero-order chi connectivity index (χ0) is 16.0. The monoisotopic (exact) mass is 308 g/mol. The number of hydrogen-bond donors (Lipinski definition) is 3. The Balaban J connectivity index is 1.78. The Bertz CT molecular complexity index is 395. The first-order valence-electron chi connectivity index (χ1n) is 8.65. The van der Waals surface area contributed by atoms with Crippen molar-refractivity contribution in [2.24, 2.45) is 4.99 Å². The number of hydrogen-bond acceptors (Lipinski definition) is 3. The summed E-state index contributed by atoms with van der Waals surface area (Å²) >= 11 is 0. The van der Waals surface area contributed by atoms with Crippen LogP contribution in [0.3, 0.4) is 0 Å². The van der Waals surface area contributed by atoms with Gasteiger partial charge in [0.25, 0.3) is 0 Å². The molecule has 3 N–H and O–H groups in total. The van der Waals surface area contributed by atoms with E-state index in [1.54, 1.807) is 0 Å². The van der Waals surface area contributed by atoms with Crippen LogP contribution < -0.4 is 10.6 Å². The highest BCUT2D eigenvalue weighted by Crippen LogP contribution is 2.31. The molecular weight excluding hydrogens is 276 g/mol. The fraction of sp³-hybridized carbons (Fsp3) is 0.824. The van der Waals surface area contributed by atoms with Crippen LogP contribution in [0.5, 0.6) is 0 Å². The van der Waals surface area contributed by atoms with Gasteiger partial charge in [-0.05, 0) is 46.0 Å². The van der Waals surface area contributed by atoms with E-state index in [-0.39, 0.29) is 0 Å². The molecular formula is C17H32N4O. The predicted octanol–water partition coefficient (Wildman–Crippen LogP) is 1.50. The van der Waals surface area contributed by atoms with Gasteiger partial charge in [-0.15, -0.1) is 0 Å². The van der Waals surface area contributed by atoms with E-state index in [1.807, 2.05) is 0 Å². The zero-order valence-electron chi connectivity index (χ0n) is 14.2. The van der Waals surface area contributed by atoms with E-state index < -0.39 is 5.60 Å². The fourth-order valence-corrected chi connectivity index (χ4v) is 3.10. The topological polar surface area (TPSA) is 59.9 Å². The van der Waals surface area contributed by atoms with Crippen molar-refractivity contribution in [3.63, 3.8) is 0 Å². The molecule has 1 saturated heterocycles. The van der Waals surface area contributed by atoms with Crippen molar-refractivity contribution in [1.82, 2.24) is 15.5 Å². The van der Waals surface area contributed by atoms with Crippen LogP contribution in [0.4, 0.5) is 0 Å². The smallest absolute Gasteiger partial charge is 0.191 e. The minimum absolute atomic E-state index is 0.468. The van der Waals surface area contributed by atoms with Gasteiger partial charge in [0.05, 0.1) is 12.1 Å². The predicted molar refractivity (Wildman–Crippen MR) is 92.2 cm³/mol. The lowest BCUT2D eigenvalue weighted by atomic mass is 9.80. The number of aliphatic hydroxyl groups is 1. The Hall–Kier alpha value is -1.07. The second-order valence-corrected chi connectivity index (χ2v) is 6.92. The van der Waals surface area contributed by atoms with Gasteiger partial charge in [-0.2, -0.15) is 0 Å². The van der Waals surface area contributed by atoms with Gasteiger partial charge in [-0.3, -0.25) is 9.89 Å². The van der Waals surface area contributed by atoms with Crippen LogP contribution in [0.25, 0.3) is 0 Å². The van der Waals surface area contributed by atoms with Crippen molar-refractivity contribution in [3.8, 4) is 0 Å². The first-order chi connectivity index (χ1) is 10.5. The Kier molecular flexibility index (Phi) is 6.26. The number of likely N-dealkylation sites (tertiary alicyclic amines) is 1. The van der Waals surface area contributed by atoms with Gasteiger partial charge < -0.3 is 15.7 Å². The first kappa shape index (κ1) is 17.3. The summed E-state index contributed by atoms with van der Waals surface area (Å²) in [7, 11) is 0. The van der Waals surface area contributed by atoms with Gasteiger partial charge in [-0.1, -0.05) is 12.2 Å². The van der Waals surface area contributed by atoms with Crippen molar-refractivity contribution < 1.29 is 5.11 Å². The molecule has 0 unspecified atom stereocenters. The van der Waals surface area contributed by atoms with Crippen LogP contribution in [0.1, 0.15) is 46.0 Å². The minimum Gasteiger partial charge on any atom is -0.388 e. The minimum atomic E-state index is -0.548. The quantitative estimate of drug-likeness (QED) is 0.395. The molecule has 0 aromatic carbocycles. The van der Waals surface area contributed by atoms with Gasteiger partial charge in [-0.25, -0.2) is 0 Å². The summed E-state index contributed by atoms with van der Waals surface area (Å²) in [6.07, 6.45) is 5.14. The SMILES string of the molecule is C=C(C)CN1CCC(NC(=NCC2(O)CCC2)NCC)CC1. The summed E-state index contributed by atoms with van der Waals surface area (Å²) in [5.41, 5.74) is 0.683. The van der Waals surface area contributed by atoms with Crippen molar-refractivity contribution in [1.29, 1.82) is 0 Å². The Morgan fingerprint density at radius 3 is 2.55 bits per heavy atom. The van der Waals surface area contributed by atoms with E-state index in [0.717, 1.165) is 64.2 Å². The highest BCUT2D eigenvalue weighted by atomic mass is 16.3. The van der Waals surface area contributed by atoms with E-state index in [4.69, 9.17) is 0 Å². The molecule has 1 saturated carbocycles. The third-order valence-corrected chi connectivity index (χ3v) is 4.58. The van der Waals surface area contributed by atoms with Gasteiger partial charge >= 0.3 is 0 Å². The molecule has 2 fully saturated rings. The molecule has 0 radical (unpaired) electrons. The summed E-state index contributed by atoms with van der Waals surface area (Å²) in [6, 6.07) is 0.468. The maximum absolute atomic E-state index is 10.2. The lowest BCUT2D eigenvalue weighted by Crippen LogP contribution is -2.49. The van der Waals surface area contributed by atoms with Crippen molar-refractivity contribution in [2.75, 3.05) is 32.7 Å². The number of nitrogens with one attached hydrogen (secondary N) is 2. The maximum atomic E-state index is 10.2. The second kappa shape index (κ2) is 7.97. The van der Waals surface area contributed by atoms with E-state index in [2.05, 4.69) is 41.0 Å².